The van der Waals surface area contributed by atoms with Crippen molar-refractivity contribution in [1.82, 2.24) is 15.1 Å². The van der Waals surface area contributed by atoms with Crippen LogP contribution in [0.15, 0.2) is 48.7 Å². The highest BCUT2D eigenvalue weighted by atomic mass is 35.5. The number of halogens is 1. The summed E-state index contributed by atoms with van der Waals surface area (Å²) in [7, 11) is 0. The number of nitrogens with one attached hydrogen (secondary N) is 2. The lowest BCUT2D eigenvalue weighted by Crippen LogP contribution is -2.31. The van der Waals surface area contributed by atoms with E-state index in [9.17, 15) is 9.59 Å². The number of nitrogen functional groups attached to an aromatic ring is 1. The average molecular weight is 396 g/mol. The average Bonchev–Trinajstić information content (AvgIpc) is 3.10. The summed E-state index contributed by atoms with van der Waals surface area (Å²) in [4.78, 5) is 23.4. The molecule has 1 aliphatic heterocycles. The topological polar surface area (TPSA) is 102 Å². The molecule has 142 valence electrons. The molecule has 0 spiro atoms. The summed E-state index contributed by atoms with van der Waals surface area (Å²) in [6, 6.07) is 12.9. The molecule has 0 bridgehead atoms. The molecule has 2 aromatic carbocycles. The molecule has 4 rings (SSSR count). The molecule has 0 radical (unpaired) electrons. The monoisotopic (exact) mass is 395 g/mol. The van der Waals surface area contributed by atoms with E-state index >= 15 is 0 Å². The number of carbonyl (C=O) groups is 2. The van der Waals surface area contributed by atoms with Gasteiger partial charge in [0.25, 0.3) is 5.91 Å². The smallest absolute Gasteiger partial charge is 0.251 e. The van der Waals surface area contributed by atoms with Crippen molar-refractivity contribution in [2.75, 3.05) is 23.5 Å². The van der Waals surface area contributed by atoms with Crippen molar-refractivity contribution in [2.24, 2.45) is 0 Å². The number of fused-ring (bicyclic) bond motifs is 1. The molecule has 0 fully saturated rings. The zero-order chi connectivity index (χ0) is 19.7. The molecule has 0 unspecified atom stereocenters. The minimum Gasteiger partial charge on any atom is -0.382 e. The van der Waals surface area contributed by atoms with E-state index in [1.165, 1.54) is 0 Å². The van der Waals surface area contributed by atoms with Gasteiger partial charge < -0.3 is 16.4 Å². The Balaban J connectivity index is 1.67. The summed E-state index contributed by atoms with van der Waals surface area (Å²) >= 11 is 5.54. The van der Waals surface area contributed by atoms with Gasteiger partial charge in [0.1, 0.15) is 5.88 Å². The zero-order valence-electron chi connectivity index (χ0n) is 14.9. The largest absolute Gasteiger partial charge is 0.382 e. The standard InChI is InChI=1S/C20H18ClN5O2/c21-10-18(27)24-14-2-1-3-15(9-14)26-11-17(19(22)25-26)12-4-5-16-13(8-12)6-7-23-20(16)28/h1-5,8-9,11H,6-7,10H2,(H2,22,25)(H,23,28)(H,24,27). The third-order valence-corrected chi connectivity index (χ3v) is 4.84. The molecule has 0 saturated carbocycles. The summed E-state index contributed by atoms with van der Waals surface area (Å²) in [6.07, 6.45) is 2.62. The number of aromatic nitrogens is 2. The SMILES string of the molecule is Nc1nn(-c2cccc(NC(=O)CCl)c2)cc1-c1ccc2c(c1)CCNC2=O. The molecule has 2 amide bonds. The number of alkyl halides is 1. The quantitative estimate of drug-likeness (QED) is 0.591. The van der Waals surface area contributed by atoms with Crippen LogP contribution < -0.4 is 16.4 Å². The summed E-state index contributed by atoms with van der Waals surface area (Å²) in [5.41, 5.74) is 10.9. The summed E-state index contributed by atoms with van der Waals surface area (Å²) in [5, 5.41) is 9.95. The Morgan fingerprint density at radius 3 is 2.93 bits per heavy atom. The van der Waals surface area contributed by atoms with Gasteiger partial charge in [-0.05, 0) is 41.8 Å². The minimum absolute atomic E-state index is 0.0488. The second-order valence-corrected chi connectivity index (χ2v) is 6.75. The zero-order valence-corrected chi connectivity index (χ0v) is 15.7. The van der Waals surface area contributed by atoms with Crippen LogP contribution in [0, 0.1) is 0 Å². The second kappa shape index (κ2) is 7.36. The number of carbonyl (C=O) groups excluding carboxylic acids is 2. The first kappa shape index (κ1) is 18.1. The Morgan fingerprint density at radius 2 is 2.11 bits per heavy atom. The number of amides is 2. The van der Waals surface area contributed by atoms with Crippen molar-refractivity contribution in [1.29, 1.82) is 0 Å². The molecule has 28 heavy (non-hydrogen) atoms. The van der Waals surface area contributed by atoms with Crippen molar-refractivity contribution in [3.63, 3.8) is 0 Å². The maximum Gasteiger partial charge on any atom is 0.251 e. The van der Waals surface area contributed by atoms with Crippen molar-refractivity contribution in [3.8, 4) is 16.8 Å². The van der Waals surface area contributed by atoms with E-state index in [-0.39, 0.29) is 17.7 Å². The maximum atomic E-state index is 11.9. The first-order chi connectivity index (χ1) is 13.5. The molecule has 1 aliphatic rings. The Hall–Kier alpha value is -3.32. The van der Waals surface area contributed by atoms with Crippen LogP contribution in [0.4, 0.5) is 11.5 Å². The molecule has 8 heteroatoms. The predicted octanol–water partition coefficient (Wildman–Crippen LogP) is 2.58. The summed E-state index contributed by atoms with van der Waals surface area (Å²) in [5.74, 6) is -0.0559. The van der Waals surface area contributed by atoms with Gasteiger partial charge >= 0.3 is 0 Å². The van der Waals surface area contributed by atoms with Gasteiger partial charge in [-0.2, -0.15) is 5.10 Å². The number of nitrogens with two attached hydrogens (primary N) is 1. The highest BCUT2D eigenvalue weighted by Gasteiger charge is 2.18. The van der Waals surface area contributed by atoms with E-state index < -0.39 is 0 Å². The second-order valence-electron chi connectivity index (χ2n) is 6.48. The van der Waals surface area contributed by atoms with Crippen LogP contribution in [0.2, 0.25) is 0 Å². The van der Waals surface area contributed by atoms with E-state index in [1.807, 2.05) is 36.5 Å². The van der Waals surface area contributed by atoms with E-state index in [2.05, 4.69) is 15.7 Å². The number of benzene rings is 2. The molecular weight excluding hydrogens is 378 g/mol. The van der Waals surface area contributed by atoms with Gasteiger partial charge in [-0.15, -0.1) is 11.6 Å². The van der Waals surface area contributed by atoms with Crippen molar-refractivity contribution < 1.29 is 9.59 Å². The number of hydrogen-bond acceptors (Lipinski definition) is 4. The molecule has 0 aliphatic carbocycles. The number of anilines is 2. The molecule has 3 aromatic rings. The van der Waals surface area contributed by atoms with Gasteiger partial charge in [-0.1, -0.05) is 18.2 Å². The third-order valence-electron chi connectivity index (χ3n) is 4.60. The fourth-order valence-corrected chi connectivity index (χ4v) is 3.32. The Bertz CT molecular complexity index is 1080. The molecular formula is C20H18ClN5O2. The van der Waals surface area contributed by atoms with Gasteiger partial charge in [0.15, 0.2) is 5.82 Å². The number of nitrogens with zero attached hydrogens (tertiary/aromatic N) is 2. The van der Waals surface area contributed by atoms with Crippen LogP contribution in [-0.2, 0) is 11.2 Å². The Morgan fingerprint density at radius 1 is 1.25 bits per heavy atom. The lowest BCUT2D eigenvalue weighted by Gasteiger charge is -2.17. The van der Waals surface area contributed by atoms with Crippen molar-refractivity contribution >= 4 is 34.9 Å². The molecule has 2 heterocycles. The fourth-order valence-electron chi connectivity index (χ4n) is 3.26. The van der Waals surface area contributed by atoms with Gasteiger partial charge in [0, 0.05) is 29.6 Å². The van der Waals surface area contributed by atoms with E-state index in [0.29, 0.717) is 23.6 Å². The van der Waals surface area contributed by atoms with E-state index in [1.54, 1.807) is 16.8 Å². The predicted molar refractivity (Wildman–Crippen MR) is 109 cm³/mol. The summed E-state index contributed by atoms with van der Waals surface area (Å²) in [6.45, 7) is 0.630. The highest BCUT2D eigenvalue weighted by Crippen LogP contribution is 2.29. The van der Waals surface area contributed by atoms with Gasteiger partial charge in [-0.3, -0.25) is 9.59 Å². The van der Waals surface area contributed by atoms with E-state index in [4.69, 9.17) is 17.3 Å². The fraction of sp³-hybridized carbons (Fsp3) is 0.150. The highest BCUT2D eigenvalue weighted by molar-refractivity contribution is 6.29. The molecule has 4 N–H and O–H groups in total. The lowest BCUT2D eigenvalue weighted by atomic mass is 9.96. The molecule has 0 saturated heterocycles. The summed E-state index contributed by atoms with van der Waals surface area (Å²) < 4.78 is 1.66. The third kappa shape index (κ3) is 3.44. The molecule has 0 atom stereocenters. The Labute approximate surface area is 166 Å². The van der Waals surface area contributed by atoms with Crippen LogP contribution in [0.5, 0.6) is 0 Å². The number of hydrogen-bond donors (Lipinski definition) is 3. The lowest BCUT2D eigenvalue weighted by molar-refractivity contribution is -0.113. The van der Waals surface area contributed by atoms with Crippen molar-refractivity contribution in [3.05, 3.63) is 59.8 Å². The van der Waals surface area contributed by atoms with Gasteiger partial charge in [0.2, 0.25) is 5.91 Å². The van der Waals surface area contributed by atoms with Gasteiger partial charge in [0.05, 0.1) is 5.69 Å². The maximum absolute atomic E-state index is 11.9. The van der Waals surface area contributed by atoms with E-state index in [0.717, 1.165) is 28.8 Å². The van der Waals surface area contributed by atoms with Crippen LogP contribution in [-0.4, -0.2) is 34.0 Å². The number of rotatable bonds is 4. The van der Waals surface area contributed by atoms with Crippen LogP contribution in [0.25, 0.3) is 16.8 Å². The first-order valence-electron chi connectivity index (χ1n) is 8.78. The van der Waals surface area contributed by atoms with Crippen LogP contribution in [0.3, 0.4) is 0 Å². The minimum atomic E-state index is -0.280. The Kier molecular flexibility index (Phi) is 4.75. The normalized spacial score (nSPS) is 13.0. The first-order valence-corrected chi connectivity index (χ1v) is 9.31. The molecule has 1 aromatic heterocycles. The van der Waals surface area contributed by atoms with Crippen LogP contribution >= 0.6 is 11.6 Å². The van der Waals surface area contributed by atoms with Crippen molar-refractivity contribution in [2.45, 2.75) is 6.42 Å². The van der Waals surface area contributed by atoms with Crippen LogP contribution in [0.1, 0.15) is 15.9 Å². The van der Waals surface area contributed by atoms with Gasteiger partial charge in [-0.25, -0.2) is 4.68 Å². The molecule has 7 nitrogen and oxygen atoms in total.